The molecule has 146 valence electrons. The molecule has 2 heterocycles. The average Bonchev–Trinajstić information content (AvgIpc) is 3.16. The molecule has 1 amide bonds. The van der Waals surface area contributed by atoms with E-state index in [1.165, 1.54) is 22.3 Å². The third-order valence-electron chi connectivity index (χ3n) is 4.78. The van der Waals surface area contributed by atoms with Crippen LogP contribution in [-0.4, -0.2) is 15.9 Å². The number of hydrogen-bond acceptors (Lipinski definition) is 4. The molecule has 0 N–H and O–H groups in total. The van der Waals surface area contributed by atoms with Crippen LogP contribution in [0.1, 0.15) is 27.0 Å². The van der Waals surface area contributed by atoms with Crippen LogP contribution in [0.15, 0.2) is 54.9 Å². The molecule has 4 rings (SSSR count). The van der Waals surface area contributed by atoms with E-state index < -0.39 is 17.5 Å². The number of aromatic nitrogens is 2. The third-order valence-corrected chi connectivity index (χ3v) is 5.82. The van der Waals surface area contributed by atoms with Gasteiger partial charge in [-0.15, -0.1) is 0 Å². The molecule has 4 nitrogen and oxygen atoms in total. The van der Waals surface area contributed by atoms with Crippen LogP contribution >= 0.6 is 11.3 Å². The van der Waals surface area contributed by atoms with Crippen LogP contribution in [0, 0.1) is 25.5 Å². The molecule has 0 bridgehead atoms. The van der Waals surface area contributed by atoms with Gasteiger partial charge in [0, 0.05) is 18.0 Å². The zero-order chi connectivity index (χ0) is 20.5. The fourth-order valence-corrected chi connectivity index (χ4v) is 4.04. The summed E-state index contributed by atoms with van der Waals surface area (Å²) in [5.74, 6) is -2.51. The van der Waals surface area contributed by atoms with Crippen LogP contribution in [0.3, 0.4) is 0 Å². The van der Waals surface area contributed by atoms with E-state index in [0.29, 0.717) is 5.13 Å². The highest BCUT2D eigenvalue weighted by molar-refractivity contribution is 7.22. The molecule has 0 saturated heterocycles. The lowest BCUT2D eigenvalue weighted by Gasteiger charge is -2.20. The number of amides is 1. The molecule has 0 aliphatic rings. The van der Waals surface area contributed by atoms with Gasteiger partial charge in [0.25, 0.3) is 5.91 Å². The standard InChI is InChI=1S/C22H17F2N3OS/c1-13-5-8-19-20(14(13)2)26-22(29-19)27(12-15-4-3-9-25-11-15)21(28)16-6-7-17(23)18(24)10-16/h3-11H,12H2,1-2H3. The summed E-state index contributed by atoms with van der Waals surface area (Å²) >= 11 is 1.38. The summed E-state index contributed by atoms with van der Waals surface area (Å²) < 4.78 is 28.0. The zero-order valence-corrected chi connectivity index (χ0v) is 16.6. The lowest BCUT2D eigenvalue weighted by molar-refractivity contribution is 0.0984. The smallest absolute Gasteiger partial charge is 0.260 e. The number of rotatable bonds is 4. The molecule has 29 heavy (non-hydrogen) atoms. The van der Waals surface area contributed by atoms with Crippen molar-refractivity contribution < 1.29 is 13.6 Å². The third kappa shape index (κ3) is 3.73. The Hall–Kier alpha value is -3.19. The molecule has 0 aliphatic carbocycles. The van der Waals surface area contributed by atoms with Gasteiger partial charge < -0.3 is 0 Å². The maximum Gasteiger partial charge on any atom is 0.260 e. The van der Waals surface area contributed by atoms with Crippen molar-refractivity contribution in [2.24, 2.45) is 0 Å². The van der Waals surface area contributed by atoms with E-state index in [1.807, 2.05) is 32.0 Å². The quantitative estimate of drug-likeness (QED) is 0.451. The van der Waals surface area contributed by atoms with Crippen molar-refractivity contribution in [1.29, 1.82) is 0 Å². The summed E-state index contributed by atoms with van der Waals surface area (Å²) in [6.45, 7) is 4.21. The molecule has 0 aliphatic heterocycles. The van der Waals surface area contributed by atoms with Crippen molar-refractivity contribution in [2.75, 3.05) is 4.90 Å². The Labute approximate surface area is 170 Å². The summed E-state index contributed by atoms with van der Waals surface area (Å²) in [7, 11) is 0. The van der Waals surface area contributed by atoms with E-state index in [1.54, 1.807) is 18.5 Å². The summed E-state index contributed by atoms with van der Waals surface area (Å²) in [5.41, 5.74) is 3.85. The van der Waals surface area contributed by atoms with Gasteiger partial charge in [0.1, 0.15) is 0 Å². The van der Waals surface area contributed by atoms with Crippen molar-refractivity contribution in [2.45, 2.75) is 20.4 Å². The minimum atomic E-state index is -1.06. The molecule has 0 unspecified atom stereocenters. The molecular weight excluding hydrogens is 392 g/mol. The van der Waals surface area contributed by atoms with Gasteiger partial charge in [-0.25, -0.2) is 13.8 Å². The lowest BCUT2D eigenvalue weighted by atomic mass is 10.1. The Bertz CT molecular complexity index is 1210. The van der Waals surface area contributed by atoms with Crippen molar-refractivity contribution in [1.82, 2.24) is 9.97 Å². The van der Waals surface area contributed by atoms with E-state index in [2.05, 4.69) is 4.98 Å². The second-order valence-electron chi connectivity index (χ2n) is 6.73. The summed E-state index contributed by atoms with van der Waals surface area (Å²) in [5, 5.41) is 0.493. The maximum atomic E-state index is 13.7. The number of fused-ring (bicyclic) bond motifs is 1. The lowest BCUT2D eigenvalue weighted by Crippen LogP contribution is -2.30. The highest BCUT2D eigenvalue weighted by Gasteiger charge is 2.23. The summed E-state index contributed by atoms with van der Waals surface area (Å²) in [4.78, 5) is 23.5. The molecule has 0 spiro atoms. The minimum absolute atomic E-state index is 0.0555. The summed E-state index contributed by atoms with van der Waals surface area (Å²) in [6.07, 6.45) is 3.31. The van der Waals surface area contributed by atoms with E-state index in [0.717, 1.165) is 39.0 Å². The van der Waals surface area contributed by atoms with Crippen molar-refractivity contribution in [3.05, 3.63) is 88.7 Å². The van der Waals surface area contributed by atoms with Gasteiger partial charge >= 0.3 is 0 Å². The van der Waals surface area contributed by atoms with Gasteiger partial charge in [0.05, 0.1) is 16.8 Å². The Morgan fingerprint density at radius 3 is 2.66 bits per heavy atom. The van der Waals surface area contributed by atoms with Gasteiger partial charge in [-0.05, 0) is 60.9 Å². The number of carbonyl (C=O) groups excluding carboxylic acids is 1. The number of aryl methyl sites for hydroxylation is 2. The average molecular weight is 409 g/mol. The number of anilines is 1. The Kier molecular flexibility index (Phi) is 5.07. The molecule has 7 heteroatoms. The molecule has 0 atom stereocenters. The monoisotopic (exact) mass is 409 g/mol. The number of halogens is 2. The Morgan fingerprint density at radius 2 is 1.93 bits per heavy atom. The number of carbonyl (C=O) groups is 1. The van der Waals surface area contributed by atoms with Crippen molar-refractivity contribution in [3.8, 4) is 0 Å². The predicted octanol–water partition coefficient (Wildman–Crippen LogP) is 5.43. The van der Waals surface area contributed by atoms with Crippen molar-refractivity contribution in [3.63, 3.8) is 0 Å². The van der Waals surface area contributed by atoms with E-state index in [-0.39, 0.29) is 12.1 Å². The minimum Gasteiger partial charge on any atom is -0.279 e. The van der Waals surface area contributed by atoms with Gasteiger partial charge in [0.2, 0.25) is 0 Å². The van der Waals surface area contributed by atoms with Crippen LogP contribution in [0.4, 0.5) is 13.9 Å². The Morgan fingerprint density at radius 1 is 1.10 bits per heavy atom. The van der Waals surface area contributed by atoms with Gasteiger partial charge in [0.15, 0.2) is 16.8 Å². The number of thiazole rings is 1. The van der Waals surface area contributed by atoms with Crippen LogP contribution in [0.5, 0.6) is 0 Å². The molecule has 0 saturated carbocycles. The number of nitrogens with zero attached hydrogens (tertiary/aromatic N) is 3. The van der Waals surface area contributed by atoms with Gasteiger partial charge in [-0.1, -0.05) is 23.5 Å². The first-order valence-corrected chi connectivity index (χ1v) is 9.78. The predicted molar refractivity (Wildman–Crippen MR) is 110 cm³/mol. The zero-order valence-electron chi connectivity index (χ0n) is 15.8. The van der Waals surface area contributed by atoms with E-state index in [4.69, 9.17) is 4.98 Å². The normalized spacial score (nSPS) is 11.0. The number of hydrogen-bond donors (Lipinski definition) is 0. The molecule has 0 radical (unpaired) electrons. The first-order chi connectivity index (χ1) is 13.9. The number of pyridine rings is 1. The van der Waals surface area contributed by atoms with E-state index >= 15 is 0 Å². The van der Waals surface area contributed by atoms with Crippen molar-refractivity contribution >= 4 is 32.6 Å². The maximum absolute atomic E-state index is 13.7. The highest BCUT2D eigenvalue weighted by atomic mass is 32.1. The first kappa shape index (κ1) is 19.1. The first-order valence-electron chi connectivity index (χ1n) is 8.96. The molecule has 0 fully saturated rings. The van der Waals surface area contributed by atoms with Crippen LogP contribution in [0.2, 0.25) is 0 Å². The largest absolute Gasteiger partial charge is 0.279 e. The SMILES string of the molecule is Cc1ccc2sc(N(Cc3cccnc3)C(=O)c3ccc(F)c(F)c3)nc2c1C. The van der Waals surface area contributed by atoms with Crippen LogP contribution < -0.4 is 4.90 Å². The fraction of sp³-hybridized carbons (Fsp3) is 0.136. The molecule has 2 aromatic heterocycles. The van der Waals surface area contributed by atoms with Crippen LogP contribution in [0.25, 0.3) is 10.2 Å². The molecular formula is C22H17F2N3OS. The van der Waals surface area contributed by atoms with Crippen LogP contribution in [-0.2, 0) is 6.54 Å². The second kappa shape index (κ2) is 7.67. The molecule has 4 aromatic rings. The number of benzene rings is 2. The van der Waals surface area contributed by atoms with Gasteiger partial charge in [-0.2, -0.15) is 0 Å². The second-order valence-corrected chi connectivity index (χ2v) is 7.74. The Balaban J connectivity index is 1.80. The van der Waals surface area contributed by atoms with E-state index in [9.17, 15) is 13.6 Å². The topological polar surface area (TPSA) is 46.1 Å². The highest BCUT2D eigenvalue weighted by Crippen LogP contribution is 2.33. The van der Waals surface area contributed by atoms with Gasteiger partial charge in [-0.3, -0.25) is 14.7 Å². The molecule has 2 aromatic carbocycles. The summed E-state index contributed by atoms with van der Waals surface area (Å²) in [6, 6.07) is 10.8. The fourth-order valence-electron chi connectivity index (χ4n) is 3.02.